The van der Waals surface area contributed by atoms with Gasteiger partial charge in [0.05, 0.1) is 17.9 Å². The highest BCUT2D eigenvalue weighted by atomic mass is 32.2. The van der Waals surface area contributed by atoms with Gasteiger partial charge in [0.2, 0.25) is 15.9 Å². The van der Waals surface area contributed by atoms with Crippen molar-refractivity contribution in [2.75, 3.05) is 22.4 Å². The standard InChI is InChI=1S/C30H42N6O6S/c1-8-43(39,40)35-21-14-12-20(13-15-21)26-25(27(31)38)28(36(34-26)29(2,3)4)33-22-16-17-32-23(19-22)41-18-10-9-11-24(37)42-30(5,6)7/h12-17,19,35H,8-11,18H2,1-7H3,(H2,31,38)(H,32,33). The van der Waals surface area contributed by atoms with Gasteiger partial charge < -0.3 is 20.5 Å². The summed E-state index contributed by atoms with van der Waals surface area (Å²) in [6, 6.07) is 10.0. The van der Waals surface area contributed by atoms with Crippen LogP contribution in [0.2, 0.25) is 0 Å². The zero-order valence-electron chi connectivity index (χ0n) is 25.9. The van der Waals surface area contributed by atoms with Gasteiger partial charge in [0, 0.05) is 35.6 Å². The molecule has 0 spiro atoms. The predicted molar refractivity (Wildman–Crippen MR) is 167 cm³/mol. The van der Waals surface area contributed by atoms with Crippen LogP contribution < -0.4 is 20.5 Å². The maximum absolute atomic E-state index is 12.8. The molecule has 2 aromatic heterocycles. The number of carbonyl (C=O) groups is 2. The van der Waals surface area contributed by atoms with Crippen molar-refractivity contribution in [3.05, 3.63) is 48.2 Å². The number of carbonyl (C=O) groups excluding carboxylic acids is 2. The number of hydrogen-bond acceptors (Lipinski definition) is 9. The van der Waals surface area contributed by atoms with Crippen molar-refractivity contribution in [3.8, 4) is 17.1 Å². The molecule has 234 valence electrons. The Labute approximate surface area is 253 Å². The Hall–Kier alpha value is -4.13. The van der Waals surface area contributed by atoms with Crippen LogP contribution in [0.4, 0.5) is 17.2 Å². The minimum absolute atomic E-state index is 0.0541. The number of amides is 1. The Morgan fingerprint density at radius 2 is 1.67 bits per heavy atom. The predicted octanol–water partition coefficient (Wildman–Crippen LogP) is 5.20. The molecule has 2 heterocycles. The molecule has 43 heavy (non-hydrogen) atoms. The highest BCUT2D eigenvalue weighted by Gasteiger charge is 2.29. The zero-order valence-corrected chi connectivity index (χ0v) is 26.7. The van der Waals surface area contributed by atoms with Crippen LogP contribution >= 0.6 is 0 Å². The van der Waals surface area contributed by atoms with Gasteiger partial charge in [-0.25, -0.2) is 18.1 Å². The number of nitrogens with one attached hydrogen (secondary N) is 2. The molecule has 3 rings (SSSR count). The number of benzene rings is 1. The quantitative estimate of drug-likeness (QED) is 0.173. The molecule has 1 amide bonds. The zero-order chi connectivity index (χ0) is 32.0. The third-order valence-corrected chi connectivity index (χ3v) is 7.33. The average molecular weight is 615 g/mol. The lowest BCUT2D eigenvalue weighted by Crippen LogP contribution is -2.25. The van der Waals surface area contributed by atoms with Crippen molar-refractivity contribution < 1.29 is 27.5 Å². The first kappa shape index (κ1) is 33.4. The van der Waals surface area contributed by atoms with Gasteiger partial charge in [0.15, 0.2) is 0 Å². The summed E-state index contributed by atoms with van der Waals surface area (Å²) in [7, 11) is -3.44. The summed E-state index contributed by atoms with van der Waals surface area (Å²) >= 11 is 0. The molecule has 0 aliphatic heterocycles. The summed E-state index contributed by atoms with van der Waals surface area (Å²) < 4.78 is 39.2. The number of sulfonamides is 1. The van der Waals surface area contributed by atoms with Crippen LogP contribution in [0.5, 0.6) is 5.88 Å². The SMILES string of the molecule is CCS(=O)(=O)Nc1ccc(-c2nn(C(C)(C)C)c(Nc3ccnc(OCCCCC(=O)OC(C)(C)C)c3)c2C(N)=O)cc1. The molecular formula is C30H42N6O6S. The molecule has 13 heteroatoms. The van der Waals surface area contributed by atoms with Crippen LogP contribution in [0.15, 0.2) is 42.6 Å². The second-order valence-electron chi connectivity index (χ2n) is 12.0. The van der Waals surface area contributed by atoms with Crippen LogP contribution in [-0.4, -0.2) is 53.0 Å². The van der Waals surface area contributed by atoms with Crippen molar-refractivity contribution in [3.63, 3.8) is 0 Å². The van der Waals surface area contributed by atoms with Gasteiger partial charge in [-0.3, -0.25) is 14.3 Å². The molecule has 0 fully saturated rings. The van der Waals surface area contributed by atoms with Crippen LogP contribution in [-0.2, 0) is 25.1 Å². The summed E-state index contributed by atoms with van der Waals surface area (Å²) in [5.41, 5.74) is 6.95. The number of primary amides is 1. The molecule has 1 aromatic carbocycles. The normalized spacial score (nSPS) is 12.1. The first-order valence-electron chi connectivity index (χ1n) is 14.1. The molecular weight excluding hydrogens is 572 g/mol. The molecule has 12 nitrogen and oxygen atoms in total. The molecule has 3 aromatic rings. The van der Waals surface area contributed by atoms with E-state index >= 15 is 0 Å². The number of pyridine rings is 1. The van der Waals surface area contributed by atoms with E-state index in [1.54, 1.807) is 54.2 Å². The summed E-state index contributed by atoms with van der Waals surface area (Å²) in [6.45, 7) is 13.3. The van der Waals surface area contributed by atoms with Crippen LogP contribution in [0.25, 0.3) is 11.3 Å². The smallest absolute Gasteiger partial charge is 0.306 e. The topological polar surface area (TPSA) is 168 Å². The number of aromatic nitrogens is 3. The molecule has 0 bridgehead atoms. The van der Waals surface area contributed by atoms with Crippen molar-refractivity contribution in [2.45, 2.75) is 78.9 Å². The van der Waals surface area contributed by atoms with E-state index in [9.17, 15) is 18.0 Å². The lowest BCUT2D eigenvalue weighted by Gasteiger charge is -2.23. The lowest BCUT2D eigenvalue weighted by atomic mass is 10.1. The molecule has 0 aliphatic rings. The number of rotatable bonds is 13. The Bertz CT molecular complexity index is 1540. The van der Waals surface area contributed by atoms with E-state index in [4.69, 9.17) is 20.3 Å². The van der Waals surface area contributed by atoms with E-state index in [-0.39, 0.29) is 17.3 Å². The van der Waals surface area contributed by atoms with E-state index < -0.39 is 27.1 Å². The highest BCUT2D eigenvalue weighted by molar-refractivity contribution is 7.92. The first-order valence-corrected chi connectivity index (χ1v) is 15.8. The summed E-state index contributed by atoms with van der Waals surface area (Å²) in [4.78, 5) is 29.0. The molecule has 0 radical (unpaired) electrons. The van der Waals surface area contributed by atoms with E-state index in [2.05, 4.69) is 15.0 Å². The minimum atomic E-state index is -3.44. The molecule has 0 unspecified atom stereocenters. The maximum Gasteiger partial charge on any atom is 0.306 e. The monoisotopic (exact) mass is 614 g/mol. The highest BCUT2D eigenvalue weighted by Crippen LogP contribution is 2.35. The average Bonchev–Trinajstić information content (AvgIpc) is 3.28. The van der Waals surface area contributed by atoms with Gasteiger partial charge in [0.1, 0.15) is 22.7 Å². The molecule has 4 N–H and O–H groups in total. The molecule has 0 saturated carbocycles. The summed E-state index contributed by atoms with van der Waals surface area (Å²) in [5.74, 6) is -0.217. The summed E-state index contributed by atoms with van der Waals surface area (Å²) in [6.07, 6.45) is 3.15. The number of nitrogens with two attached hydrogens (primary N) is 1. The second kappa shape index (κ2) is 13.4. The second-order valence-corrected chi connectivity index (χ2v) is 14.0. The van der Waals surface area contributed by atoms with Crippen molar-refractivity contribution in [2.24, 2.45) is 5.73 Å². The van der Waals surface area contributed by atoms with E-state index in [0.717, 1.165) is 0 Å². The fourth-order valence-corrected chi connectivity index (χ4v) is 4.69. The number of ether oxygens (including phenoxy) is 2. The van der Waals surface area contributed by atoms with Crippen LogP contribution in [0.1, 0.15) is 78.1 Å². The van der Waals surface area contributed by atoms with Crippen molar-refractivity contribution >= 4 is 39.1 Å². The fraction of sp³-hybridized carbons (Fsp3) is 0.467. The largest absolute Gasteiger partial charge is 0.478 e. The number of unbranched alkanes of at least 4 members (excludes halogenated alkanes) is 1. The Morgan fingerprint density at radius 1 is 1.00 bits per heavy atom. The Balaban J connectivity index is 1.81. The first-order chi connectivity index (χ1) is 20.0. The molecule has 0 aliphatic carbocycles. The van der Waals surface area contributed by atoms with E-state index in [1.165, 1.54) is 0 Å². The minimum Gasteiger partial charge on any atom is -0.478 e. The third-order valence-electron chi connectivity index (χ3n) is 6.02. The number of nitrogens with zero attached hydrogens (tertiary/aromatic N) is 3. The lowest BCUT2D eigenvalue weighted by molar-refractivity contribution is -0.154. The van der Waals surface area contributed by atoms with Crippen molar-refractivity contribution in [1.82, 2.24) is 14.8 Å². The summed E-state index contributed by atoms with van der Waals surface area (Å²) in [5, 5.41) is 8.02. The fourth-order valence-electron chi connectivity index (χ4n) is 4.05. The van der Waals surface area contributed by atoms with E-state index in [1.807, 2.05) is 41.5 Å². The van der Waals surface area contributed by atoms with Gasteiger partial charge in [-0.2, -0.15) is 5.10 Å². The maximum atomic E-state index is 12.8. The number of hydrogen-bond donors (Lipinski definition) is 3. The number of esters is 1. The van der Waals surface area contributed by atoms with Crippen LogP contribution in [0.3, 0.4) is 0 Å². The van der Waals surface area contributed by atoms with E-state index in [0.29, 0.717) is 60.2 Å². The van der Waals surface area contributed by atoms with Crippen LogP contribution in [0, 0.1) is 0 Å². The van der Waals surface area contributed by atoms with Gasteiger partial charge in [-0.1, -0.05) is 12.1 Å². The Morgan fingerprint density at radius 3 is 2.26 bits per heavy atom. The number of anilines is 3. The molecule has 0 atom stereocenters. The van der Waals surface area contributed by atoms with Gasteiger partial charge in [0.25, 0.3) is 5.91 Å². The van der Waals surface area contributed by atoms with Crippen molar-refractivity contribution in [1.29, 1.82) is 0 Å². The van der Waals surface area contributed by atoms with Gasteiger partial charge >= 0.3 is 5.97 Å². The third kappa shape index (κ3) is 9.70. The van der Waals surface area contributed by atoms with Gasteiger partial charge in [-0.15, -0.1) is 0 Å². The molecule has 0 saturated heterocycles. The van der Waals surface area contributed by atoms with Gasteiger partial charge in [-0.05, 0) is 79.5 Å². The Kier molecular flexibility index (Phi) is 10.4.